The van der Waals surface area contributed by atoms with Crippen molar-refractivity contribution in [3.8, 4) is 0 Å². The van der Waals surface area contributed by atoms with Gasteiger partial charge in [-0.3, -0.25) is 0 Å². The maximum absolute atomic E-state index is 10.7. The number of hydrogen-bond acceptors (Lipinski definition) is 7. The van der Waals surface area contributed by atoms with E-state index in [2.05, 4.69) is 0 Å². The Labute approximate surface area is 106 Å². The predicted octanol–water partition coefficient (Wildman–Crippen LogP) is -0.457. The first-order valence-electron chi connectivity index (χ1n) is 4.06. The molecule has 0 saturated carbocycles. The van der Waals surface area contributed by atoms with E-state index in [1.165, 1.54) is 24.3 Å². The van der Waals surface area contributed by atoms with Gasteiger partial charge in [-0.25, -0.2) is 0 Å². The normalized spacial score (nSPS) is 13.1. The average molecular weight is 315 g/mol. The number of thioether (sulfide) groups is 1. The van der Waals surface area contributed by atoms with Gasteiger partial charge in [0.1, 0.15) is 0 Å². The van der Waals surface area contributed by atoms with Gasteiger partial charge in [-0.1, -0.05) is 11.6 Å². The predicted molar refractivity (Wildman–Crippen MR) is 56.3 cm³/mol. The van der Waals surface area contributed by atoms with Crippen molar-refractivity contribution >= 4 is 38.6 Å². The quantitative estimate of drug-likeness (QED) is 0.543. The van der Waals surface area contributed by atoms with Crippen LogP contribution in [0.1, 0.15) is 0 Å². The van der Waals surface area contributed by atoms with Gasteiger partial charge in [0.25, 0.3) is 0 Å². The Kier molecular flexibility index (Phi) is 4.86. The average Bonchev–Trinajstić information content (AvgIpc) is 2.13. The van der Waals surface area contributed by atoms with Crippen LogP contribution in [0.15, 0.2) is 29.2 Å². The summed E-state index contributed by atoms with van der Waals surface area (Å²) in [6, 6.07) is 5.38. The number of hydrogen-bond donors (Lipinski definition) is 0. The number of halogens is 1. The molecule has 1 aromatic rings. The van der Waals surface area contributed by atoms with Crippen molar-refractivity contribution in [2.75, 3.05) is 0 Å². The maximum atomic E-state index is 10.7. The van der Waals surface area contributed by atoms with Crippen molar-refractivity contribution in [1.82, 2.24) is 0 Å². The molecule has 0 aliphatic rings. The summed E-state index contributed by atoms with van der Waals surface area (Å²) >= 11 is 5.74. The van der Waals surface area contributed by atoms with E-state index in [-0.39, 0.29) is 16.7 Å². The molecule has 0 spiro atoms. The first-order valence-corrected chi connectivity index (χ1v) is 8.54. The first-order chi connectivity index (χ1) is 7.60. The Hall–Kier alpha value is 0.160. The van der Waals surface area contributed by atoms with E-state index in [0.717, 1.165) is 0 Å². The molecule has 0 aromatic heterocycles. The van der Waals surface area contributed by atoms with E-state index in [4.69, 9.17) is 11.6 Å². The third-order valence-electron chi connectivity index (χ3n) is 1.60. The summed E-state index contributed by atoms with van der Waals surface area (Å²) in [6.07, 6.45) is 0. The van der Waals surface area contributed by atoms with E-state index in [0.29, 0.717) is 5.02 Å². The fraction of sp³-hybridized carbons (Fsp3) is 0.143. The van der Waals surface area contributed by atoms with Gasteiger partial charge in [0.15, 0.2) is 0 Å². The lowest BCUT2D eigenvalue weighted by Crippen LogP contribution is -2.31. The SMILES string of the molecule is O=P([O-])([O-])C(Sc1ccc(Cl)cc1)P(=O)([O-])[O-]. The zero-order chi connectivity index (χ0) is 13.3. The van der Waals surface area contributed by atoms with Crippen LogP contribution in [0.2, 0.25) is 5.02 Å². The van der Waals surface area contributed by atoms with Crippen molar-refractivity contribution in [1.29, 1.82) is 0 Å². The van der Waals surface area contributed by atoms with Crippen LogP contribution in [0, 0.1) is 0 Å². The van der Waals surface area contributed by atoms with Crippen molar-refractivity contribution in [2.24, 2.45) is 0 Å². The minimum absolute atomic E-state index is 0.151. The lowest BCUT2D eigenvalue weighted by atomic mass is 10.4. The Bertz CT molecular complexity index is 458. The second-order valence-corrected chi connectivity index (χ2v) is 8.89. The summed E-state index contributed by atoms with van der Waals surface area (Å²) in [5, 5.41) is 0.353. The molecule has 0 amide bonds. The van der Waals surface area contributed by atoms with Crippen LogP contribution in [0.25, 0.3) is 0 Å². The summed E-state index contributed by atoms with van der Waals surface area (Å²) in [7, 11) is -11.1. The molecule has 0 aliphatic carbocycles. The first kappa shape index (κ1) is 15.2. The molecule has 0 unspecified atom stereocenters. The molecule has 0 fully saturated rings. The summed E-state index contributed by atoms with van der Waals surface area (Å²) in [4.78, 5) is 43.0. The molecular weight excluding hydrogens is 310 g/mol. The number of benzene rings is 1. The summed E-state index contributed by atoms with van der Waals surface area (Å²) in [5.41, 5.74) is 0. The highest BCUT2D eigenvalue weighted by Crippen LogP contribution is 2.57. The number of rotatable bonds is 4. The highest BCUT2D eigenvalue weighted by Gasteiger charge is 2.18. The Morgan fingerprint density at radius 3 is 1.76 bits per heavy atom. The molecule has 10 heteroatoms. The van der Waals surface area contributed by atoms with Gasteiger partial charge in [-0.2, -0.15) is 0 Å². The maximum Gasteiger partial charge on any atom is 0.0644 e. The van der Waals surface area contributed by atoms with Gasteiger partial charge in [-0.15, -0.1) is 11.8 Å². The molecule has 1 rings (SSSR count). The Morgan fingerprint density at radius 2 is 1.41 bits per heavy atom. The highest BCUT2D eigenvalue weighted by atomic mass is 35.5. The molecule has 0 atom stereocenters. The van der Waals surface area contributed by atoms with Crippen LogP contribution in [0.5, 0.6) is 0 Å². The van der Waals surface area contributed by atoms with Crippen molar-refractivity contribution in [3.05, 3.63) is 29.3 Å². The third kappa shape index (κ3) is 4.73. The molecule has 0 aliphatic heterocycles. The Morgan fingerprint density at radius 1 is 1.00 bits per heavy atom. The topological polar surface area (TPSA) is 126 Å². The van der Waals surface area contributed by atoms with Gasteiger partial charge in [0.05, 0.1) is 4.73 Å². The van der Waals surface area contributed by atoms with Crippen molar-refractivity contribution < 1.29 is 28.7 Å². The lowest BCUT2D eigenvalue weighted by molar-refractivity contribution is -0.326. The Balaban J connectivity index is 3.00. The van der Waals surface area contributed by atoms with Crippen molar-refractivity contribution in [3.63, 3.8) is 0 Å². The molecule has 0 radical (unpaired) electrons. The van der Waals surface area contributed by atoms with Gasteiger partial charge in [-0.05, 0) is 39.5 Å². The second-order valence-electron chi connectivity index (χ2n) is 2.98. The molecule has 0 saturated heterocycles. The molecule has 0 heterocycles. The van der Waals surface area contributed by atoms with Crippen LogP contribution in [0.3, 0.4) is 0 Å². The molecule has 0 bridgehead atoms. The lowest BCUT2D eigenvalue weighted by Gasteiger charge is -2.48. The van der Waals surface area contributed by atoms with E-state index in [1.807, 2.05) is 0 Å². The summed E-state index contributed by atoms with van der Waals surface area (Å²) in [5.74, 6) is 0. The van der Waals surface area contributed by atoms with E-state index in [9.17, 15) is 28.7 Å². The minimum atomic E-state index is -5.53. The summed E-state index contributed by atoms with van der Waals surface area (Å²) < 4.78 is 18.9. The van der Waals surface area contributed by atoms with Crippen LogP contribution in [-0.2, 0) is 9.13 Å². The van der Waals surface area contributed by atoms with Gasteiger partial charge in [0, 0.05) is 9.92 Å². The fourth-order valence-electron chi connectivity index (χ4n) is 0.937. The largest absolute Gasteiger partial charge is 0.810 e. The molecule has 17 heavy (non-hydrogen) atoms. The van der Waals surface area contributed by atoms with Crippen LogP contribution >= 0.6 is 38.6 Å². The minimum Gasteiger partial charge on any atom is -0.810 e. The zero-order valence-electron chi connectivity index (χ0n) is 8.02. The van der Waals surface area contributed by atoms with E-state index < -0.39 is 19.9 Å². The monoisotopic (exact) mass is 314 g/mol. The van der Waals surface area contributed by atoms with Gasteiger partial charge >= 0.3 is 0 Å². The third-order valence-corrected chi connectivity index (χ3v) is 7.56. The standard InChI is InChI=1S/C7H9ClO6P2S/c8-5-1-3-6(4-2-5)17-7(15(9,10)11)16(12,13)14/h1-4,7H,(H2,9,10,11)(H2,12,13,14)/p-4. The smallest absolute Gasteiger partial charge is 0.0644 e. The van der Waals surface area contributed by atoms with Crippen LogP contribution in [0.4, 0.5) is 0 Å². The molecule has 0 N–H and O–H groups in total. The zero-order valence-corrected chi connectivity index (χ0v) is 11.4. The molecule has 1 aromatic carbocycles. The van der Waals surface area contributed by atoms with Crippen molar-refractivity contribution in [2.45, 2.75) is 9.63 Å². The molecule has 96 valence electrons. The second kappa shape index (κ2) is 5.43. The van der Waals surface area contributed by atoms with Gasteiger partial charge < -0.3 is 28.7 Å². The van der Waals surface area contributed by atoms with Gasteiger partial charge in [0.2, 0.25) is 0 Å². The van der Waals surface area contributed by atoms with Crippen LogP contribution in [-0.4, -0.2) is 4.73 Å². The fourth-order valence-corrected chi connectivity index (χ4v) is 4.75. The molecule has 6 nitrogen and oxygen atoms in total. The van der Waals surface area contributed by atoms with E-state index >= 15 is 0 Å². The van der Waals surface area contributed by atoms with E-state index in [1.54, 1.807) is 0 Å². The molecular formula is C7H5ClO6P2S-4. The summed E-state index contributed by atoms with van der Waals surface area (Å²) in [6.45, 7) is 0. The van der Waals surface area contributed by atoms with Crippen LogP contribution < -0.4 is 19.6 Å². The highest BCUT2D eigenvalue weighted by molar-refractivity contribution is 8.11.